The molecule has 2 aromatic heterocycles. The van der Waals surface area contributed by atoms with Crippen LogP contribution in [0.3, 0.4) is 0 Å². The standard InChI is InChI=1S/C24H16BrClN2O3/c1-13-8-19-17(10-18(13)26)22(29)20-21(15-5-2-6-16(25)9-15)28(24(30)23(20)31-19)12-14-4-3-7-27-11-14/h2-11,21H,12H2,1H3. The maximum atomic E-state index is 13.6. The van der Waals surface area contributed by atoms with Gasteiger partial charge in [-0.25, -0.2) is 0 Å². The maximum Gasteiger partial charge on any atom is 0.291 e. The van der Waals surface area contributed by atoms with Crippen LogP contribution in [0.15, 0.2) is 74.6 Å². The van der Waals surface area contributed by atoms with Gasteiger partial charge in [0.15, 0.2) is 5.43 Å². The van der Waals surface area contributed by atoms with Crippen LogP contribution in [-0.4, -0.2) is 15.8 Å². The summed E-state index contributed by atoms with van der Waals surface area (Å²) in [6, 6.07) is 14.0. The first-order valence-corrected chi connectivity index (χ1v) is 10.8. The molecule has 0 radical (unpaired) electrons. The number of fused-ring (bicyclic) bond motifs is 2. The zero-order valence-electron chi connectivity index (χ0n) is 16.4. The summed E-state index contributed by atoms with van der Waals surface area (Å²) >= 11 is 9.77. The number of hydrogen-bond donors (Lipinski definition) is 0. The average Bonchev–Trinajstić information content (AvgIpc) is 3.03. The Kier molecular flexibility index (Phi) is 4.91. The van der Waals surface area contributed by atoms with Gasteiger partial charge in [-0.15, -0.1) is 0 Å². The van der Waals surface area contributed by atoms with Crippen LogP contribution in [0, 0.1) is 6.92 Å². The summed E-state index contributed by atoms with van der Waals surface area (Å²) in [6.45, 7) is 2.12. The van der Waals surface area contributed by atoms with Crippen molar-refractivity contribution < 1.29 is 9.21 Å². The molecule has 4 aromatic rings. The minimum Gasteiger partial charge on any atom is -0.450 e. The van der Waals surface area contributed by atoms with Gasteiger partial charge in [0.25, 0.3) is 5.91 Å². The number of hydrogen-bond acceptors (Lipinski definition) is 4. The van der Waals surface area contributed by atoms with Crippen LogP contribution in [0.1, 0.15) is 38.9 Å². The highest BCUT2D eigenvalue weighted by Crippen LogP contribution is 2.40. The van der Waals surface area contributed by atoms with Crippen molar-refractivity contribution in [1.29, 1.82) is 0 Å². The summed E-state index contributed by atoms with van der Waals surface area (Å²) < 4.78 is 6.86. The molecule has 0 N–H and O–H groups in total. The van der Waals surface area contributed by atoms with E-state index < -0.39 is 6.04 Å². The van der Waals surface area contributed by atoms with Crippen LogP contribution in [0.25, 0.3) is 11.0 Å². The van der Waals surface area contributed by atoms with E-state index in [0.29, 0.717) is 28.1 Å². The zero-order chi connectivity index (χ0) is 21.7. The van der Waals surface area contributed by atoms with Gasteiger partial charge in [0.2, 0.25) is 5.76 Å². The van der Waals surface area contributed by atoms with Crippen LogP contribution in [0.2, 0.25) is 5.02 Å². The minimum atomic E-state index is -0.582. The fourth-order valence-corrected chi connectivity index (χ4v) is 4.60. The lowest BCUT2D eigenvalue weighted by Gasteiger charge is -2.25. The molecule has 31 heavy (non-hydrogen) atoms. The summed E-state index contributed by atoms with van der Waals surface area (Å²) in [6.07, 6.45) is 3.39. The van der Waals surface area contributed by atoms with Gasteiger partial charge in [-0.2, -0.15) is 0 Å². The molecule has 2 aromatic carbocycles. The molecule has 0 spiro atoms. The molecule has 1 amide bonds. The first-order valence-electron chi connectivity index (χ1n) is 9.66. The number of nitrogens with zero attached hydrogens (tertiary/aromatic N) is 2. The Balaban J connectivity index is 1.76. The van der Waals surface area contributed by atoms with Crippen molar-refractivity contribution in [2.75, 3.05) is 0 Å². The Bertz CT molecular complexity index is 1400. The van der Waals surface area contributed by atoms with E-state index >= 15 is 0 Å². The third-order valence-electron chi connectivity index (χ3n) is 5.49. The number of carbonyl (C=O) groups is 1. The number of amides is 1. The molecule has 0 bridgehead atoms. The number of aryl methyl sites for hydroxylation is 1. The number of pyridine rings is 1. The van der Waals surface area contributed by atoms with Crippen molar-refractivity contribution >= 4 is 44.4 Å². The van der Waals surface area contributed by atoms with E-state index in [9.17, 15) is 9.59 Å². The van der Waals surface area contributed by atoms with Gasteiger partial charge >= 0.3 is 0 Å². The van der Waals surface area contributed by atoms with E-state index in [2.05, 4.69) is 20.9 Å². The van der Waals surface area contributed by atoms with E-state index in [1.54, 1.807) is 29.4 Å². The van der Waals surface area contributed by atoms with Gasteiger partial charge in [-0.1, -0.05) is 45.7 Å². The van der Waals surface area contributed by atoms with Gasteiger partial charge < -0.3 is 9.32 Å². The summed E-state index contributed by atoms with van der Waals surface area (Å²) in [5.41, 5.74) is 2.90. The first-order chi connectivity index (χ1) is 14.9. The maximum absolute atomic E-state index is 13.6. The van der Waals surface area contributed by atoms with E-state index in [4.69, 9.17) is 16.0 Å². The Morgan fingerprint density at radius 3 is 2.74 bits per heavy atom. The fourth-order valence-electron chi connectivity index (χ4n) is 4.02. The van der Waals surface area contributed by atoms with Crippen LogP contribution in [0.4, 0.5) is 0 Å². The molecule has 1 aliphatic heterocycles. The summed E-state index contributed by atoms with van der Waals surface area (Å²) in [5, 5.41) is 0.848. The molecule has 0 saturated carbocycles. The molecule has 5 nitrogen and oxygen atoms in total. The summed E-state index contributed by atoms with van der Waals surface area (Å²) in [7, 11) is 0. The number of carbonyl (C=O) groups excluding carboxylic acids is 1. The van der Waals surface area contributed by atoms with Gasteiger partial charge in [0.05, 0.1) is 17.0 Å². The Hall–Kier alpha value is -2.96. The predicted octanol–water partition coefficient (Wildman–Crippen LogP) is 5.66. The quantitative estimate of drug-likeness (QED) is 0.368. The van der Waals surface area contributed by atoms with Crippen molar-refractivity contribution in [3.05, 3.63) is 109 Å². The zero-order valence-corrected chi connectivity index (χ0v) is 18.8. The molecule has 5 rings (SSSR count). The Morgan fingerprint density at radius 1 is 1.16 bits per heavy atom. The van der Waals surface area contributed by atoms with Crippen LogP contribution >= 0.6 is 27.5 Å². The molecule has 7 heteroatoms. The van der Waals surface area contributed by atoms with E-state index in [1.165, 1.54) is 0 Å². The highest BCUT2D eigenvalue weighted by Gasteiger charge is 2.42. The Morgan fingerprint density at radius 2 is 2.00 bits per heavy atom. The largest absolute Gasteiger partial charge is 0.450 e. The normalized spacial score (nSPS) is 15.5. The highest BCUT2D eigenvalue weighted by atomic mass is 79.9. The second-order valence-electron chi connectivity index (χ2n) is 7.52. The van der Waals surface area contributed by atoms with E-state index in [0.717, 1.165) is 21.2 Å². The smallest absolute Gasteiger partial charge is 0.291 e. The predicted molar refractivity (Wildman–Crippen MR) is 122 cm³/mol. The van der Waals surface area contributed by atoms with E-state index in [1.807, 2.05) is 43.3 Å². The number of halogens is 2. The van der Waals surface area contributed by atoms with Crippen molar-refractivity contribution in [2.24, 2.45) is 0 Å². The third-order valence-corrected chi connectivity index (χ3v) is 6.39. The molecular formula is C24H16BrClN2O3. The molecule has 1 atom stereocenters. The first kappa shape index (κ1) is 20.0. The highest BCUT2D eigenvalue weighted by molar-refractivity contribution is 9.10. The molecule has 154 valence electrons. The number of aromatic nitrogens is 1. The third kappa shape index (κ3) is 3.36. The lowest BCUT2D eigenvalue weighted by molar-refractivity contribution is 0.0714. The van der Waals surface area contributed by atoms with Crippen molar-refractivity contribution in [3.8, 4) is 0 Å². The van der Waals surface area contributed by atoms with Gasteiger partial charge in [0.1, 0.15) is 5.58 Å². The van der Waals surface area contributed by atoms with Crippen molar-refractivity contribution in [2.45, 2.75) is 19.5 Å². The van der Waals surface area contributed by atoms with Crippen LogP contribution in [0.5, 0.6) is 0 Å². The monoisotopic (exact) mass is 494 g/mol. The lowest BCUT2D eigenvalue weighted by atomic mass is 9.98. The van der Waals surface area contributed by atoms with Gasteiger partial charge in [-0.05, 0) is 53.9 Å². The Labute approximate surface area is 191 Å². The summed E-state index contributed by atoms with van der Waals surface area (Å²) in [5.74, 6) is -0.247. The topological polar surface area (TPSA) is 63.4 Å². The van der Waals surface area contributed by atoms with E-state index in [-0.39, 0.29) is 17.1 Å². The average molecular weight is 496 g/mol. The number of rotatable bonds is 3. The molecule has 0 aliphatic carbocycles. The fraction of sp³-hybridized carbons (Fsp3) is 0.125. The molecule has 0 fully saturated rings. The van der Waals surface area contributed by atoms with Crippen LogP contribution in [-0.2, 0) is 6.54 Å². The number of benzene rings is 2. The molecule has 0 saturated heterocycles. The summed E-state index contributed by atoms with van der Waals surface area (Å²) in [4.78, 5) is 32.8. The molecular weight excluding hydrogens is 480 g/mol. The molecule has 1 unspecified atom stereocenters. The van der Waals surface area contributed by atoms with Gasteiger partial charge in [-0.3, -0.25) is 14.6 Å². The molecule has 1 aliphatic rings. The van der Waals surface area contributed by atoms with Gasteiger partial charge in [0, 0.05) is 28.4 Å². The van der Waals surface area contributed by atoms with Crippen molar-refractivity contribution in [3.63, 3.8) is 0 Å². The SMILES string of the molecule is Cc1cc2oc3c(c(=O)c2cc1Cl)C(c1cccc(Br)c1)N(Cc1cccnc1)C3=O. The van der Waals surface area contributed by atoms with Crippen molar-refractivity contribution in [1.82, 2.24) is 9.88 Å². The second kappa shape index (κ2) is 7.62. The lowest BCUT2D eigenvalue weighted by Crippen LogP contribution is -2.29. The second-order valence-corrected chi connectivity index (χ2v) is 8.85. The van der Waals surface area contributed by atoms with Crippen LogP contribution < -0.4 is 5.43 Å². The molecule has 3 heterocycles. The minimum absolute atomic E-state index is 0.0769.